The first-order valence-electron chi connectivity index (χ1n) is 15.2. The third-order valence-electron chi connectivity index (χ3n) is 7.21. The number of rotatable bonds is 14. The molecule has 5 aromatic rings. The smallest absolute Gasteiger partial charge is 0.343 e. The first-order valence-corrected chi connectivity index (χ1v) is 15.2. The minimum absolute atomic E-state index is 0.0285. The van der Waals surface area contributed by atoms with Crippen molar-refractivity contribution >= 4 is 46.4 Å². The number of hydrogen-bond donors (Lipinski definition) is 3. The number of azo groups is 2. The van der Waals surface area contributed by atoms with E-state index in [0.717, 1.165) is 0 Å². The van der Waals surface area contributed by atoms with Crippen molar-refractivity contribution in [2.75, 3.05) is 32.3 Å². The van der Waals surface area contributed by atoms with Crippen LogP contribution in [0.4, 0.5) is 34.6 Å². The molecule has 22 nitrogen and oxygen atoms in total. The van der Waals surface area contributed by atoms with Crippen LogP contribution in [-0.4, -0.2) is 91.8 Å². The summed E-state index contributed by atoms with van der Waals surface area (Å²) < 4.78 is 15.4. The number of methoxy groups -OCH3 is 2. The van der Waals surface area contributed by atoms with Crippen molar-refractivity contribution < 1.29 is 24.2 Å². The third-order valence-corrected chi connectivity index (χ3v) is 7.21. The Hall–Kier alpha value is -6.45. The normalized spacial score (nSPS) is 11.7. The zero-order valence-electron chi connectivity index (χ0n) is 28.1. The maximum Gasteiger partial charge on any atom is 0.343 e. The Bertz CT molecular complexity index is 1960. The van der Waals surface area contributed by atoms with Crippen LogP contribution in [0.15, 0.2) is 32.9 Å². The molecule has 0 bridgehead atoms. The summed E-state index contributed by atoms with van der Waals surface area (Å²) >= 11 is 0. The highest BCUT2D eigenvalue weighted by Gasteiger charge is 2.24. The summed E-state index contributed by atoms with van der Waals surface area (Å²) in [6.07, 6.45) is 4.93. The summed E-state index contributed by atoms with van der Waals surface area (Å²) in [7, 11) is 5.81. The van der Waals surface area contributed by atoms with Crippen LogP contribution in [0.2, 0.25) is 0 Å². The van der Waals surface area contributed by atoms with Crippen molar-refractivity contribution in [2.45, 2.75) is 39.5 Å². The molecule has 0 unspecified atom stereocenters. The van der Waals surface area contributed by atoms with Crippen molar-refractivity contribution in [3.8, 4) is 17.9 Å². The number of carbonyl (C=O) groups is 2. The quantitative estimate of drug-likeness (QED) is 0.0858. The number of carbonyl (C=O) groups excluding carboxylic acids is 2. The molecular weight excluding hydrogens is 654 g/mol. The fourth-order valence-corrected chi connectivity index (χ4v) is 4.72. The molecule has 5 heterocycles. The second kappa shape index (κ2) is 14.8. The number of Topliss-reactive ketones (excluding diaryl/α,β-unsaturated/α-hetero) is 1. The van der Waals surface area contributed by atoms with Gasteiger partial charge in [0.15, 0.2) is 40.4 Å². The molecule has 0 aliphatic rings. The predicted molar refractivity (Wildman–Crippen MR) is 175 cm³/mol. The van der Waals surface area contributed by atoms with E-state index < -0.39 is 18.4 Å². The number of esters is 1. The molecule has 0 amide bonds. The molecule has 0 spiro atoms. The zero-order valence-corrected chi connectivity index (χ0v) is 28.1. The van der Waals surface area contributed by atoms with E-state index in [2.05, 4.69) is 55.8 Å². The van der Waals surface area contributed by atoms with Gasteiger partial charge in [0.2, 0.25) is 0 Å². The van der Waals surface area contributed by atoms with Gasteiger partial charge in [0, 0.05) is 14.1 Å². The van der Waals surface area contributed by atoms with Crippen molar-refractivity contribution in [2.24, 2.45) is 34.6 Å². The molecule has 0 saturated carbocycles. The maximum absolute atomic E-state index is 12.2. The Morgan fingerprint density at radius 2 is 1.26 bits per heavy atom. The lowest BCUT2D eigenvalue weighted by Crippen LogP contribution is -2.14. The SMILES string of the molecule is CCCc1nn(-c2nc(OC)nc(-n3nc(CCC)c(N=Nc4c(C(=O)OC)cnn4C)c3N)n2)c(N)c1N=Nc1c(C(=O)CO)cnn1C. The number of ketones is 1. The van der Waals surface area contributed by atoms with E-state index in [0.29, 0.717) is 37.1 Å². The van der Waals surface area contributed by atoms with Crippen LogP contribution >= 0.6 is 0 Å². The fourth-order valence-electron chi connectivity index (χ4n) is 4.72. The predicted octanol–water partition coefficient (Wildman–Crippen LogP) is 2.58. The van der Waals surface area contributed by atoms with Crippen LogP contribution in [0.3, 0.4) is 0 Å². The number of anilines is 2. The van der Waals surface area contributed by atoms with Crippen molar-refractivity contribution in [3.63, 3.8) is 0 Å². The van der Waals surface area contributed by atoms with Gasteiger partial charge in [-0.3, -0.25) is 4.79 Å². The number of aromatic nitrogens is 11. The fraction of sp³-hybridized carbons (Fsp3) is 0.393. The van der Waals surface area contributed by atoms with Gasteiger partial charge in [-0.1, -0.05) is 26.7 Å². The summed E-state index contributed by atoms with van der Waals surface area (Å²) in [5.74, 6) is -0.946. The molecular formula is C28H35N17O5. The van der Waals surface area contributed by atoms with E-state index in [1.807, 2.05) is 13.8 Å². The van der Waals surface area contributed by atoms with Crippen LogP contribution in [0.1, 0.15) is 58.8 Å². The molecule has 0 atom stereocenters. The van der Waals surface area contributed by atoms with Gasteiger partial charge < -0.3 is 26.0 Å². The summed E-state index contributed by atoms with van der Waals surface area (Å²) in [4.78, 5) is 37.7. The lowest BCUT2D eigenvalue weighted by molar-refractivity contribution is 0.0601. The highest BCUT2D eigenvalue weighted by molar-refractivity contribution is 6.00. The number of hydrogen-bond acceptors (Lipinski definition) is 18. The number of nitrogens with zero attached hydrogens (tertiary/aromatic N) is 15. The number of aliphatic hydroxyl groups excluding tert-OH is 1. The summed E-state index contributed by atoms with van der Waals surface area (Å²) in [5.41, 5.74) is 14.7. The first-order chi connectivity index (χ1) is 24.1. The van der Waals surface area contributed by atoms with E-state index in [1.54, 1.807) is 14.1 Å². The molecule has 5 aromatic heterocycles. The van der Waals surface area contributed by atoms with Crippen molar-refractivity contribution in [1.29, 1.82) is 0 Å². The molecule has 5 rings (SSSR count). The highest BCUT2D eigenvalue weighted by Crippen LogP contribution is 2.34. The van der Waals surface area contributed by atoms with E-state index in [-0.39, 0.29) is 63.7 Å². The van der Waals surface area contributed by atoms with Crippen LogP contribution in [0, 0.1) is 0 Å². The third kappa shape index (κ3) is 6.63. The molecule has 50 heavy (non-hydrogen) atoms. The van der Waals surface area contributed by atoms with E-state index in [1.165, 1.54) is 45.3 Å². The molecule has 0 aromatic carbocycles. The second-order valence-corrected chi connectivity index (χ2v) is 10.6. The molecule has 0 fully saturated rings. The topological polar surface area (TPSA) is 284 Å². The molecule has 0 radical (unpaired) electrons. The van der Waals surface area contributed by atoms with E-state index in [4.69, 9.17) is 20.9 Å². The maximum atomic E-state index is 12.2. The van der Waals surface area contributed by atoms with Crippen LogP contribution in [0.25, 0.3) is 11.9 Å². The average Bonchev–Trinajstić information content (AvgIpc) is 3.85. The lowest BCUT2D eigenvalue weighted by atomic mass is 10.2. The molecule has 0 aliphatic heterocycles. The Labute approximate surface area is 283 Å². The monoisotopic (exact) mass is 689 g/mol. The van der Waals surface area contributed by atoms with Gasteiger partial charge in [-0.15, -0.1) is 20.5 Å². The average molecular weight is 690 g/mol. The zero-order chi connectivity index (χ0) is 36.1. The Morgan fingerprint density at radius 3 is 1.70 bits per heavy atom. The van der Waals surface area contributed by atoms with Crippen molar-refractivity contribution in [3.05, 3.63) is 34.9 Å². The molecule has 22 heteroatoms. The Balaban J connectivity index is 1.59. The number of aliphatic hydroxyl groups is 1. The van der Waals surface area contributed by atoms with Gasteiger partial charge in [-0.05, 0) is 12.8 Å². The Morgan fingerprint density at radius 1 is 0.780 bits per heavy atom. The molecule has 5 N–H and O–H groups in total. The van der Waals surface area contributed by atoms with Gasteiger partial charge in [0.25, 0.3) is 11.9 Å². The van der Waals surface area contributed by atoms with Gasteiger partial charge in [0.1, 0.15) is 12.2 Å². The number of aryl methyl sites for hydroxylation is 4. The summed E-state index contributed by atoms with van der Waals surface area (Å²) in [6.45, 7) is 3.19. The van der Waals surface area contributed by atoms with Gasteiger partial charge in [0.05, 0.1) is 43.6 Å². The molecule has 262 valence electrons. The minimum atomic E-state index is -0.718. The second-order valence-electron chi connectivity index (χ2n) is 10.6. The standard InChI is InChI=1S/C28H35N17O5/c1-7-9-16-19(36-38-23-14(18(47)13-46)11-31-42(23)3)21(29)44(40-16)26-33-27(35-28(34-26)50-6)45-22(30)20(17(41-45)10-8-2)37-39-24-15(25(48)49-5)12-32-43(24)4/h11-12,46H,7-10,13,29-30H2,1-6H3. The van der Waals surface area contributed by atoms with Crippen LogP contribution < -0.4 is 16.2 Å². The van der Waals surface area contributed by atoms with E-state index >= 15 is 0 Å². The van der Waals surface area contributed by atoms with Crippen molar-refractivity contribution in [1.82, 2.24) is 54.1 Å². The summed E-state index contributed by atoms with van der Waals surface area (Å²) in [6, 6.07) is -0.102. The van der Waals surface area contributed by atoms with Crippen LogP contribution in [-0.2, 0) is 31.7 Å². The highest BCUT2D eigenvalue weighted by atomic mass is 16.5. The number of nitrogen functional groups attached to an aromatic ring is 2. The largest absolute Gasteiger partial charge is 0.467 e. The summed E-state index contributed by atoms with van der Waals surface area (Å²) in [5, 5.41) is 43.8. The van der Waals surface area contributed by atoms with E-state index in [9.17, 15) is 14.7 Å². The minimum Gasteiger partial charge on any atom is -0.467 e. The number of nitrogens with two attached hydrogens (primary N) is 2. The Kier molecular flexibility index (Phi) is 10.3. The lowest BCUT2D eigenvalue weighted by Gasteiger charge is -2.08. The van der Waals surface area contributed by atoms with Gasteiger partial charge in [-0.2, -0.15) is 44.7 Å². The van der Waals surface area contributed by atoms with Gasteiger partial charge >= 0.3 is 12.0 Å². The number of ether oxygens (including phenoxy) is 2. The first kappa shape index (κ1) is 34.9. The van der Waals surface area contributed by atoms with Crippen LogP contribution in [0.5, 0.6) is 6.01 Å². The van der Waals surface area contributed by atoms with Gasteiger partial charge in [-0.25, -0.2) is 14.2 Å². The molecule has 0 aliphatic carbocycles. The molecule has 0 saturated heterocycles.